The zero-order chi connectivity index (χ0) is 13.9. The Kier molecular flexibility index (Phi) is 3.81. The Morgan fingerprint density at radius 1 is 0.800 bits per heavy atom. The number of benzene rings is 3. The van der Waals surface area contributed by atoms with Gasteiger partial charge in [0, 0.05) is 10.9 Å². The Labute approximate surface area is 127 Å². The maximum Gasteiger partial charge on any atom is 0.128 e. The number of rotatable bonds is 3. The molecule has 0 heterocycles. The number of halogens is 2. The first-order valence-electron chi connectivity index (χ1n) is 6.27. The van der Waals surface area contributed by atoms with Crippen LogP contribution in [0.3, 0.4) is 0 Å². The third kappa shape index (κ3) is 2.74. The van der Waals surface area contributed by atoms with Gasteiger partial charge in [-0.05, 0) is 40.6 Å². The van der Waals surface area contributed by atoms with Gasteiger partial charge in [-0.1, -0.05) is 48.0 Å². The molecule has 0 saturated heterocycles. The van der Waals surface area contributed by atoms with Crippen molar-refractivity contribution in [3.05, 3.63) is 71.2 Å². The lowest BCUT2D eigenvalue weighted by Crippen LogP contribution is -1.86. The third-order valence-corrected chi connectivity index (χ3v) is 3.76. The van der Waals surface area contributed by atoms with E-state index in [0.29, 0.717) is 16.7 Å². The van der Waals surface area contributed by atoms with Gasteiger partial charge in [0.25, 0.3) is 0 Å². The number of fused-ring (bicyclic) bond motifs is 1. The van der Waals surface area contributed by atoms with Gasteiger partial charge in [0.05, 0.1) is 0 Å². The SMILES string of the molecule is ClCc1ccc(Oc2ccc3ccccc3c2)cc1Cl. The quantitative estimate of drug-likeness (QED) is 0.537. The van der Waals surface area contributed by atoms with E-state index in [0.717, 1.165) is 16.7 Å². The summed E-state index contributed by atoms with van der Waals surface area (Å²) < 4.78 is 5.84. The standard InChI is InChI=1S/C17H12Cl2O/c18-11-14-6-8-16(10-17(14)19)20-15-7-5-12-3-1-2-4-13(12)9-15/h1-10H,11H2. The molecule has 0 aromatic heterocycles. The second-order valence-electron chi connectivity index (χ2n) is 4.50. The normalized spacial score (nSPS) is 10.7. The molecule has 0 spiro atoms. The maximum atomic E-state index is 6.13. The van der Waals surface area contributed by atoms with Crippen molar-refractivity contribution in [3.8, 4) is 11.5 Å². The molecular weight excluding hydrogens is 291 g/mol. The lowest BCUT2D eigenvalue weighted by Gasteiger charge is -2.08. The van der Waals surface area contributed by atoms with E-state index >= 15 is 0 Å². The summed E-state index contributed by atoms with van der Waals surface area (Å²) in [6, 6.07) is 19.7. The Morgan fingerprint density at radius 3 is 2.25 bits per heavy atom. The minimum Gasteiger partial charge on any atom is -0.457 e. The highest BCUT2D eigenvalue weighted by atomic mass is 35.5. The van der Waals surface area contributed by atoms with Crippen LogP contribution in [0.25, 0.3) is 10.8 Å². The maximum absolute atomic E-state index is 6.13. The Bertz CT molecular complexity index is 753. The molecule has 100 valence electrons. The van der Waals surface area contributed by atoms with Crippen LogP contribution in [-0.2, 0) is 5.88 Å². The molecule has 0 fully saturated rings. The lowest BCUT2D eigenvalue weighted by atomic mass is 10.1. The van der Waals surface area contributed by atoms with Gasteiger partial charge in [0.1, 0.15) is 11.5 Å². The molecule has 0 radical (unpaired) electrons. The van der Waals surface area contributed by atoms with Gasteiger partial charge in [-0.15, -0.1) is 11.6 Å². The molecule has 0 amide bonds. The van der Waals surface area contributed by atoms with Crippen LogP contribution in [0.15, 0.2) is 60.7 Å². The van der Waals surface area contributed by atoms with Crippen LogP contribution in [-0.4, -0.2) is 0 Å². The second-order valence-corrected chi connectivity index (χ2v) is 5.17. The van der Waals surface area contributed by atoms with E-state index in [4.69, 9.17) is 27.9 Å². The van der Waals surface area contributed by atoms with Crippen molar-refractivity contribution in [3.63, 3.8) is 0 Å². The first-order chi connectivity index (χ1) is 9.76. The fourth-order valence-electron chi connectivity index (χ4n) is 2.07. The van der Waals surface area contributed by atoms with E-state index in [2.05, 4.69) is 12.1 Å². The highest BCUT2D eigenvalue weighted by Gasteiger charge is 2.03. The summed E-state index contributed by atoms with van der Waals surface area (Å²) in [6.07, 6.45) is 0. The summed E-state index contributed by atoms with van der Waals surface area (Å²) in [5.74, 6) is 1.90. The molecule has 0 saturated carbocycles. The first-order valence-corrected chi connectivity index (χ1v) is 7.18. The average Bonchev–Trinajstić information content (AvgIpc) is 2.47. The van der Waals surface area contributed by atoms with Crippen molar-refractivity contribution >= 4 is 34.0 Å². The second kappa shape index (κ2) is 5.74. The molecule has 3 aromatic rings. The van der Waals surface area contributed by atoms with Crippen molar-refractivity contribution in [1.82, 2.24) is 0 Å². The van der Waals surface area contributed by atoms with E-state index in [-0.39, 0.29) is 0 Å². The van der Waals surface area contributed by atoms with E-state index < -0.39 is 0 Å². The zero-order valence-corrected chi connectivity index (χ0v) is 12.2. The van der Waals surface area contributed by atoms with Crippen LogP contribution >= 0.6 is 23.2 Å². The molecule has 3 heteroatoms. The van der Waals surface area contributed by atoms with Crippen molar-refractivity contribution in [1.29, 1.82) is 0 Å². The van der Waals surface area contributed by atoms with Crippen molar-refractivity contribution in [2.24, 2.45) is 0 Å². The van der Waals surface area contributed by atoms with E-state index in [1.165, 1.54) is 5.39 Å². The number of alkyl halides is 1. The summed E-state index contributed by atoms with van der Waals surface area (Å²) >= 11 is 11.9. The Balaban J connectivity index is 1.90. The molecule has 20 heavy (non-hydrogen) atoms. The molecule has 0 atom stereocenters. The molecule has 0 aliphatic heterocycles. The highest BCUT2D eigenvalue weighted by Crippen LogP contribution is 2.29. The van der Waals surface area contributed by atoms with E-state index in [9.17, 15) is 0 Å². The van der Waals surface area contributed by atoms with Crippen molar-refractivity contribution in [2.45, 2.75) is 5.88 Å². The Hall–Kier alpha value is -1.70. The molecule has 0 unspecified atom stereocenters. The molecule has 1 nitrogen and oxygen atoms in total. The monoisotopic (exact) mass is 302 g/mol. The number of hydrogen-bond acceptors (Lipinski definition) is 1. The average molecular weight is 303 g/mol. The van der Waals surface area contributed by atoms with Crippen molar-refractivity contribution in [2.75, 3.05) is 0 Å². The van der Waals surface area contributed by atoms with E-state index in [1.54, 1.807) is 6.07 Å². The lowest BCUT2D eigenvalue weighted by molar-refractivity contribution is 0.483. The van der Waals surface area contributed by atoms with Crippen LogP contribution in [0.2, 0.25) is 5.02 Å². The molecule has 0 bridgehead atoms. The van der Waals surface area contributed by atoms with Crippen LogP contribution in [0.5, 0.6) is 11.5 Å². The fraction of sp³-hybridized carbons (Fsp3) is 0.0588. The number of ether oxygens (including phenoxy) is 1. The first kappa shape index (κ1) is 13.3. The van der Waals surface area contributed by atoms with E-state index in [1.807, 2.05) is 42.5 Å². The predicted molar refractivity (Wildman–Crippen MR) is 85.0 cm³/mol. The van der Waals surface area contributed by atoms with Crippen LogP contribution in [0.1, 0.15) is 5.56 Å². The van der Waals surface area contributed by atoms with Gasteiger partial charge in [0.2, 0.25) is 0 Å². The minimum atomic E-state index is 0.398. The summed E-state index contributed by atoms with van der Waals surface area (Å²) in [4.78, 5) is 0. The van der Waals surface area contributed by atoms with Gasteiger partial charge in [-0.25, -0.2) is 0 Å². The molecule has 3 aromatic carbocycles. The van der Waals surface area contributed by atoms with Gasteiger partial charge in [-0.3, -0.25) is 0 Å². The Morgan fingerprint density at radius 2 is 1.50 bits per heavy atom. The summed E-state index contributed by atoms with van der Waals surface area (Å²) in [6.45, 7) is 0. The topological polar surface area (TPSA) is 9.23 Å². The highest BCUT2D eigenvalue weighted by molar-refractivity contribution is 6.32. The summed E-state index contributed by atoms with van der Waals surface area (Å²) in [7, 11) is 0. The van der Waals surface area contributed by atoms with Gasteiger partial charge in [0.15, 0.2) is 0 Å². The molecule has 0 aliphatic carbocycles. The smallest absolute Gasteiger partial charge is 0.128 e. The zero-order valence-electron chi connectivity index (χ0n) is 10.6. The molecular formula is C17H12Cl2O. The fourth-order valence-corrected chi connectivity index (χ4v) is 2.61. The van der Waals surface area contributed by atoms with Crippen LogP contribution in [0, 0.1) is 0 Å². The number of hydrogen-bond donors (Lipinski definition) is 0. The summed E-state index contributed by atoms with van der Waals surface area (Å²) in [5.41, 5.74) is 0.902. The van der Waals surface area contributed by atoms with Gasteiger partial charge < -0.3 is 4.74 Å². The largest absolute Gasteiger partial charge is 0.457 e. The van der Waals surface area contributed by atoms with Crippen LogP contribution in [0.4, 0.5) is 0 Å². The van der Waals surface area contributed by atoms with Crippen LogP contribution < -0.4 is 4.74 Å². The predicted octanol–water partition coefficient (Wildman–Crippen LogP) is 6.02. The van der Waals surface area contributed by atoms with Gasteiger partial charge >= 0.3 is 0 Å². The van der Waals surface area contributed by atoms with Gasteiger partial charge in [-0.2, -0.15) is 0 Å². The third-order valence-electron chi connectivity index (χ3n) is 3.13. The minimum absolute atomic E-state index is 0.398. The summed E-state index contributed by atoms with van der Waals surface area (Å²) in [5, 5.41) is 2.96. The molecule has 0 N–H and O–H groups in total. The van der Waals surface area contributed by atoms with Crippen molar-refractivity contribution < 1.29 is 4.74 Å². The molecule has 0 aliphatic rings. The molecule has 3 rings (SSSR count).